The maximum atomic E-state index is 11.9. The lowest BCUT2D eigenvalue weighted by atomic mass is 10.5. The molecule has 10 heteroatoms. The van der Waals surface area contributed by atoms with E-state index in [1.54, 1.807) is 0 Å². The first-order chi connectivity index (χ1) is 9.12. The van der Waals surface area contributed by atoms with Crippen LogP contribution in [0, 0.1) is 0 Å². The van der Waals surface area contributed by atoms with Crippen LogP contribution in [-0.2, 0) is 23.1 Å². The van der Waals surface area contributed by atoms with Gasteiger partial charge in [-0.2, -0.15) is 10.1 Å². The van der Waals surface area contributed by atoms with Crippen LogP contribution in [0.25, 0.3) is 0 Å². The number of nitrogens with one attached hydrogen (secondary N) is 1. The Bertz CT molecular complexity index is 606. The van der Waals surface area contributed by atoms with Gasteiger partial charge >= 0.3 is 0 Å². The molecule has 0 aliphatic rings. The van der Waals surface area contributed by atoms with Crippen molar-refractivity contribution in [3.8, 4) is 0 Å². The van der Waals surface area contributed by atoms with Gasteiger partial charge in [-0.3, -0.25) is 4.68 Å². The summed E-state index contributed by atoms with van der Waals surface area (Å²) in [6.07, 6.45) is 4.28. The molecule has 9 nitrogen and oxygen atoms in total. The fourth-order valence-corrected chi connectivity index (χ4v) is 2.28. The van der Waals surface area contributed by atoms with Crippen LogP contribution in [0.4, 0.5) is 0 Å². The fraction of sp³-hybridized carbons (Fsp3) is 0.444. The molecule has 104 valence electrons. The third kappa shape index (κ3) is 3.59. The maximum absolute atomic E-state index is 11.9. The monoisotopic (exact) mass is 287 g/mol. The Morgan fingerprint density at radius 2 is 2.32 bits per heavy atom. The van der Waals surface area contributed by atoms with Crippen molar-refractivity contribution in [1.82, 2.24) is 24.6 Å². The molecule has 0 atom stereocenters. The molecule has 0 saturated heterocycles. The number of nitrogens with zero attached hydrogens (tertiary/aromatic N) is 4. The van der Waals surface area contributed by atoms with Crippen molar-refractivity contribution in [3.63, 3.8) is 0 Å². The molecule has 0 fully saturated rings. The molecule has 2 aromatic heterocycles. The normalized spacial score (nSPS) is 11.8. The number of hydrogen-bond acceptors (Lipinski definition) is 7. The highest BCUT2D eigenvalue weighted by atomic mass is 32.2. The summed E-state index contributed by atoms with van der Waals surface area (Å²) >= 11 is 0. The molecule has 2 aromatic rings. The topological polar surface area (TPSA) is 123 Å². The maximum Gasteiger partial charge on any atom is 0.244 e. The Kier molecular flexibility index (Phi) is 4.24. The van der Waals surface area contributed by atoms with Gasteiger partial charge in [0.25, 0.3) is 0 Å². The number of rotatable bonds is 7. The zero-order chi connectivity index (χ0) is 13.7. The molecule has 0 radical (unpaired) electrons. The van der Waals surface area contributed by atoms with Gasteiger partial charge in [0, 0.05) is 19.3 Å². The van der Waals surface area contributed by atoms with E-state index in [4.69, 9.17) is 5.11 Å². The average molecular weight is 287 g/mol. The van der Waals surface area contributed by atoms with Crippen LogP contribution in [0.2, 0.25) is 0 Å². The predicted octanol–water partition coefficient (Wildman–Crippen LogP) is -0.873. The summed E-state index contributed by atoms with van der Waals surface area (Å²) < 4.78 is 32.1. The van der Waals surface area contributed by atoms with Gasteiger partial charge in [0.05, 0.1) is 12.7 Å². The second kappa shape index (κ2) is 5.91. The highest BCUT2D eigenvalue weighted by Gasteiger charge is 2.17. The first-order valence-corrected chi connectivity index (χ1v) is 6.98. The molecule has 0 amide bonds. The Hall–Kier alpha value is -1.78. The third-order valence-corrected chi connectivity index (χ3v) is 3.65. The van der Waals surface area contributed by atoms with E-state index in [1.165, 1.54) is 17.1 Å². The van der Waals surface area contributed by atoms with Crippen LogP contribution in [0.1, 0.15) is 12.2 Å². The number of aromatic nitrogens is 4. The van der Waals surface area contributed by atoms with E-state index >= 15 is 0 Å². The van der Waals surface area contributed by atoms with Crippen LogP contribution in [0.5, 0.6) is 0 Å². The smallest absolute Gasteiger partial charge is 0.244 e. The van der Waals surface area contributed by atoms with E-state index in [1.807, 2.05) is 0 Å². The molecule has 2 heterocycles. The zero-order valence-corrected chi connectivity index (χ0v) is 10.7. The molecule has 0 bridgehead atoms. The largest absolute Gasteiger partial charge is 0.396 e. The van der Waals surface area contributed by atoms with E-state index < -0.39 is 10.0 Å². The van der Waals surface area contributed by atoms with Gasteiger partial charge in [-0.1, -0.05) is 5.16 Å². The summed E-state index contributed by atoms with van der Waals surface area (Å²) in [5, 5.41) is 16.1. The lowest BCUT2D eigenvalue weighted by molar-refractivity contribution is 0.277. The van der Waals surface area contributed by atoms with Crippen molar-refractivity contribution in [2.75, 3.05) is 6.61 Å². The van der Waals surface area contributed by atoms with Gasteiger partial charge in [-0.25, -0.2) is 13.1 Å². The van der Waals surface area contributed by atoms with Crippen LogP contribution in [0.3, 0.4) is 0 Å². The summed E-state index contributed by atoms with van der Waals surface area (Å²) in [5.41, 5.74) is 0. The molecule has 0 aliphatic carbocycles. The number of aliphatic hydroxyl groups is 1. The van der Waals surface area contributed by atoms with Crippen molar-refractivity contribution < 1.29 is 18.0 Å². The van der Waals surface area contributed by atoms with E-state index in [0.717, 1.165) is 6.39 Å². The van der Waals surface area contributed by atoms with Crippen molar-refractivity contribution in [3.05, 3.63) is 24.6 Å². The molecule has 0 aliphatic heterocycles. The standard InChI is InChI=1S/C9H13N5O4S/c15-3-1-2-14-6-8(4-11-14)19(16,17)12-5-9-10-7-18-13-9/h4,6-7,12,15H,1-3,5H2. The SMILES string of the molecule is O=S(=O)(NCc1ncon1)c1cnn(CCCO)c1. The minimum absolute atomic E-state index is 0.0258. The summed E-state index contributed by atoms with van der Waals surface area (Å²) in [6, 6.07) is 0. The molecule has 19 heavy (non-hydrogen) atoms. The zero-order valence-electron chi connectivity index (χ0n) is 9.93. The van der Waals surface area contributed by atoms with Gasteiger partial charge < -0.3 is 9.63 Å². The lowest BCUT2D eigenvalue weighted by Crippen LogP contribution is -2.23. The Labute approximate surface area is 109 Å². The van der Waals surface area contributed by atoms with E-state index in [-0.39, 0.29) is 23.9 Å². The van der Waals surface area contributed by atoms with Gasteiger partial charge in [0.2, 0.25) is 16.4 Å². The Morgan fingerprint density at radius 3 is 3.00 bits per heavy atom. The summed E-state index contributed by atoms with van der Waals surface area (Å²) in [5.74, 6) is 0.247. The molecule has 0 saturated carbocycles. The molecule has 0 unspecified atom stereocenters. The minimum atomic E-state index is -3.66. The second-order valence-corrected chi connectivity index (χ2v) is 5.46. The van der Waals surface area contributed by atoms with Crippen molar-refractivity contribution in [2.45, 2.75) is 24.4 Å². The molecule has 2 N–H and O–H groups in total. The summed E-state index contributed by atoms with van der Waals surface area (Å²) in [4.78, 5) is 3.76. The van der Waals surface area contributed by atoms with Crippen molar-refractivity contribution >= 4 is 10.0 Å². The second-order valence-electron chi connectivity index (χ2n) is 3.69. The molecular formula is C9H13N5O4S. The fourth-order valence-electron chi connectivity index (χ4n) is 1.35. The number of aliphatic hydroxyl groups excluding tert-OH is 1. The van der Waals surface area contributed by atoms with Gasteiger partial charge in [0.15, 0.2) is 5.82 Å². The molecular weight excluding hydrogens is 274 g/mol. The van der Waals surface area contributed by atoms with E-state index in [0.29, 0.717) is 13.0 Å². The van der Waals surface area contributed by atoms with Gasteiger partial charge in [-0.05, 0) is 6.42 Å². The molecule has 0 spiro atoms. The molecule has 0 aromatic carbocycles. The highest BCUT2D eigenvalue weighted by molar-refractivity contribution is 7.89. The Balaban J connectivity index is 2.00. The predicted molar refractivity (Wildman–Crippen MR) is 62.3 cm³/mol. The van der Waals surface area contributed by atoms with Crippen molar-refractivity contribution in [2.24, 2.45) is 0 Å². The number of aryl methyl sites for hydroxylation is 1. The highest BCUT2D eigenvalue weighted by Crippen LogP contribution is 2.07. The minimum Gasteiger partial charge on any atom is -0.396 e. The van der Waals surface area contributed by atoms with E-state index in [9.17, 15) is 8.42 Å². The van der Waals surface area contributed by atoms with E-state index in [2.05, 4.69) is 24.5 Å². The quantitative estimate of drug-likeness (QED) is 0.678. The van der Waals surface area contributed by atoms with Crippen LogP contribution in [0.15, 0.2) is 28.2 Å². The van der Waals surface area contributed by atoms with Gasteiger partial charge in [0.1, 0.15) is 4.90 Å². The van der Waals surface area contributed by atoms with Crippen LogP contribution in [-0.4, -0.2) is 40.1 Å². The van der Waals surface area contributed by atoms with Crippen LogP contribution < -0.4 is 4.72 Å². The van der Waals surface area contributed by atoms with Gasteiger partial charge in [-0.15, -0.1) is 0 Å². The van der Waals surface area contributed by atoms with Crippen LogP contribution >= 0.6 is 0 Å². The Morgan fingerprint density at radius 1 is 1.47 bits per heavy atom. The molecule has 2 rings (SSSR count). The summed E-state index contributed by atoms with van der Waals surface area (Å²) in [7, 11) is -3.66. The number of sulfonamides is 1. The third-order valence-electron chi connectivity index (χ3n) is 2.29. The first kappa shape index (κ1) is 13.6. The van der Waals surface area contributed by atoms with Crippen molar-refractivity contribution in [1.29, 1.82) is 0 Å². The average Bonchev–Trinajstić information content (AvgIpc) is 3.05. The number of hydrogen-bond donors (Lipinski definition) is 2. The lowest BCUT2D eigenvalue weighted by Gasteiger charge is -2.01. The summed E-state index contributed by atoms with van der Waals surface area (Å²) in [6.45, 7) is 0.426. The first-order valence-electron chi connectivity index (χ1n) is 5.50.